The number of hydrogen-bond donors (Lipinski definition) is 0. The van der Waals surface area contributed by atoms with Crippen molar-refractivity contribution in [1.29, 1.82) is 5.26 Å². The van der Waals surface area contributed by atoms with Gasteiger partial charge in [0.1, 0.15) is 10.8 Å². The van der Waals surface area contributed by atoms with Crippen molar-refractivity contribution in [2.45, 2.75) is 17.7 Å². The second kappa shape index (κ2) is 7.12. The fourth-order valence-electron chi connectivity index (χ4n) is 1.37. The number of nitrogens with zero attached hydrogens (tertiary/aromatic N) is 3. The van der Waals surface area contributed by atoms with Gasteiger partial charge in [0.2, 0.25) is 0 Å². The highest BCUT2D eigenvalue weighted by Gasteiger charge is 2.01. The van der Waals surface area contributed by atoms with E-state index in [1.807, 2.05) is 19.1 Å². The Morgan fingerprint density at radius 3 is 2.74 bits per heavy atom. The van der Waals surface area contributed by atoms with Crippen LogP contribution in [-0.4, -0.2) is 22.6 Å². The molecule has 4 nitrogen and oxygen atoms in total. The van der Waals surface area contributed by atoms with Gasteiger partial charge < -0.3 is 4.74 Å². The lowest BCUT2D eigenvalue weighted by atomic mass is 10.2. The van der Waals surface area contributed by atoms with Gasteiger partial charge in [-0.3, -0.25) is 0 Å². The monoisotopic (exact) mass is 291 g/mol. The molecule has 0 saturated heterocycles. The smallest absolute Gasteiger partial charge is 0.174 e. The summed E-state index contributed by atoms with van der Waals surface area (Å²) in [7, 11) is 0. The Bertz CT molecular complexity index is 560. The van der Waals surface area contributed by atoms with Crippen molar-refractivity contribution in [3.05, 3.63) is 34.8 Å². The molecule has 0 unspecified atom stereocenters. The molecule has 0 spiro atoms. The summed E-state index contributed by atoms with van der Waals surface area (Å²) in [5.41, 5.74) is 0.648. The van der Waals surface area contributed by atoms with Crippen molar-refractivity contribution >= 4 is 23.1 Å². The molecule has 2 aromatic rings. The third-order valence-corrected chi connectivity index (χ3v) is 4.33. The molecule has 0 aliphatic heterocycles. The van der Waals surface area contributed by atoms with E-state index in [0.29, 0.717) is 12.2 Å². The van der Waals surface area contributed by atoms with Crippen molar-refractivity contribution in [2.75, 3.05) is 12.4 Å². The van der Waals surface area contributed by atoms with Gasteiger partial charge in [-0.1, -0.05) is 23.1 Å². The third kappa shape index (κ3) is 4.54. The molecule has 0 bridgehead atoms. The average molecular weight is 291 g/mol. The highest BCUT2D eigenvalue weighted by Crippen LogP contribution is 2.22. The molecule has 0 amide bonds. The van der Waals surface area contributed by atoms with Crippen LogP contribution in [0.4, 0.5) is 0 Å². The highest BCUT2D eigenvalue weighted by molar-refractivity contribution is 8.01. The molecule has 1 aromatic carbocycles. The van der Waals surface area contributed by atoms with Gasteiger partial charge in [0.05, 0.1) is 18.2 Å². The van der Waals surface area contributed by atoms with Crippen LogP contribution in [0.1, 0.15) is 17.0 Å². The summed E-state index contributed by atoms with van der Waals surface area (Å²) >= 11 is 3.32. The number of aryl methyl sites for hydroxylation is 1. The quantitative estimate of drug-likeness (QED) is 0.604. The summed E-state index contributed by atoms with van der Waals surface area (Å²) in [6.45, 7) is 2.62. The molecule has 98 valence electrons. The van der Waals surface area contributed by atoms with Gasteiger partial charge in [-0.15, -0.1) is 10.2 Å². The lowest BCUT2D eigenvalue weighted by Crippen LogP contribution is -1.98. The van der Waals surface area contributed by atoms with Crippen LogP contribution >= 0.6 is 23.1 Å². The maximum Gasteiger partial charge on any atom is 0.174 e. The van der Waals surface area contributed by atoms with Crippen molar-refractivity contribution in [3.63, 3.8) is 0 Å². The largest absolute Gasteiger partial charge is 0.494 e. The van der Waals surface area contributed by atoms with Gasteiger partial charge >= 0.3 is 0 Å². The minimum absolute atomic E-state index is 0.648. The van der Waals surface area contributed by atoms with Crippen LogP contribution in [0, 0.1) is 18.3 Å². The van der Waals surface area contributed by atoms with E-state index in [2.05, 4.69) is 16.3 Å². The van der Waals surface area contributed by atoms with Crippen LogP contribution < -0.4 is 4.74 Å². The Morgan fingerprint density at radius 2 is 2.11 bits per heavy atom. The molecule has 0 fully saturated rings. The van der Waals surface area contributed by atoms with E-state index >= 15 is 0 Å². The van der Waals surface area contributed by atoms with E-state index in [9.17, 15) is 0 Å². The molecule has 19 heavy (non-hydrogen) atoms. The molecule has 0 radical (unpaired) electrons. The number of ether oxygens (including phenoxy) is 1. The SMILES string of the molecule is Cc1nnc(SCCCOc2ccc(C#N)cc2)s1. The summed E-state index contributed by atoms with van der Waals surface area (Å²) in [6.07, 6.45) is 0.948. The van der Waals surface area contributed by atoms with Crippen LogP contribution in [0.2, 0.25) is 0 Å². The van der Waals surface area contributed by atoms with Crippen molar-refractivity contribution in [3.8, 4) is 11.8 Å². The Morgan fingerprint density at radius 1 is 1.32 bits per heavy atom. The average Bonchev–Trinajstić information content (AvgIpc) is 2.85. The van der Waals surface area contributed by atoms with Crippen molar-refractivity contribution in [1.82, 2.24) is 10.2 Å². The summed E-state index contributed by atoms with van der Waals surface area (Å²) in [4.78, 5) is 0. The van der Waals surface area contributed by atoms with E-state index in [1.165, 1.54) is 0 Å². The summed E-state index contributed by atoms with van der Waals surface area (Å²) < 4.78 is 6.60. The van der Waals surface area contributed by atoms with Crippen LogP contribution in [0.25, 0.3) is 0 Å². The lowest BCUT2D eigenvalue weighted by molar-refractivity contribution is 0.318. The first-order chi connectivity index (χ1) is 9.28. The molecule has 6 heteroatoms. The summed E-state index contributed by atoms with van der Waals surface area (Å²) in [5, 5.41) is 17.7. The third-order valence-electron chi connectivity index (χ3n) is 2.27. The second-order valence-corrected chi connectivity index (χ2v) is 6.30. The fraction of sp³-hybridized carbons (Fsp3) is 0.308. The van der Waals surface area contributed by atoms with E-state index in [0.717, 1.165) is 27.3 Å². The zero-order valence-corrected chi connectivity index (χ0v) is 12.1. The predicted molar refractivity (Wildman–Crippen MR) is 76.6 cm³/mol. The first-order valence-electron chi connectivity index (χ1n) is 5.84. The lowest BCUT2D eigenvalue weighted by Gasteiger charge is -2.05. The number of hydrogen-bond acceptors (Lipinski definition) is 6. The number of benzene rings is 1. The Labute approximate surface area is 120 Å². The van der Waals surface area contributed by atoms with Gasteiger partial charge in [0.15, 0.2) is 4.34 Å². The molecule has 0 atom stereocenters. The Kier molecular flexibility index (Phi) is 5.19. The molecule has 2 rings (SSSR count). The normalized spacial score (nSPS) is 10.1. The summed E-state index contributed by atoms with van der Waals surface area (Å²) in [5.74, 6) is 1.76. The second-order valence-electron chi connectivity index (χ2n) is 3.77. The van der Waals surface area contributed by atoms with Gasteiger partial charge in [-0.25, -0.2) is 0 Å². The van der Waals surface area contributed by atoms with Gasteiger partial charge in [-0.05, 0) is 37.6 Å². The highest BCUT2D eigenvalue weighted by atomic mass is 32.2. The molecule has 0 aliphatic rings. The zero-order chi connectivity index (χ0) is 13.5. The molecular formula is C13H13N3OS2. The predicted octanol–water partition coefficient (Wildman–Crippen LogP) is 3.28. The van der Waals surface area contributed by atoms with Gasteiger partial charge in [-0.2, -0.15) is 5.26 Å². The Hall–Kier alpha value is -1.58. The summed E-state index contributed by atoms with van der Waals surface area (Å²) in [6, 6.07) is 9.23. The topological polar surface area (TPSA) is 58.8 Å². The minimum atomic E-state index is 0.648. The number of rotatable bonds is 6. The van der Waals surface area contributed by atoms with Crippen LogP contribution in [0.5, 0.6) is 5.75 Å². The molecule has 1 heterocycles. The van der Waals surface area contributed by atoms with E-state index < -0.39 is 0 Å². The van der Waals surface area contributed by atoms with Crippen molar-refractivity contribution < 1.29 is 4.74 Å². The standard InChI is InChI=1S/C13H13N3OS2/c1-10-15-16-13(19-10)18-8-2-7-17-12-5-3-11(9-14)4-6-12/h3-6H,2,7-8H2,1H3. The Balaban J connectivity index is 1.65. The van der Waals surface area contributed by atoms with Crippen LogP contribution in [-0.2, 0) is 0 Å². The van der Waals surface area contributed by atoms with Gasteiger partial charge in [0.25, 0.3) is 0 Å². The molecule has 0 saturated carbocycles. The number of thioether (sulfide) groups is 1. The van der Waals surface area contributed by atoms with E-state index in [1.54, 1.807) is 35.2 Å². The maximum absolute atomic E-state index is 8.68. The first-order valence-corrected chi connectivity index (χ1v) is 7.64. The number of nitriles is 1. The molecule has 1 aromatic heterocycles. The fourth-order valence-corrected chi connectivity index (χ4v) is 3.17. The molecular weight excluding hydrogens is 278 g/mol. The molecule has 0 N–H and O–H groups in total. The van der Waals surface area contributed by atoms with E-state index in [4.69, 9.17) is 10.00 Å². The number of aromatic nitrogens is 2. The van der Waals surface area contributed by atoms with Crippen LogP contribution in [0.15, 0.2) is 28.6 Å². The first kappa shape index (κ1) is 13.8. The van der Waals surface area contributed by atoms with E-state index in [-0.39, 0.29) is 0 Å². The molecule has 0 aliphatic carbocycles. The van der Waals surface area contributed by atoms with Crippen molar-refractivity contribution in [2.24, 2.45) is 0 Å². The minimum Gasteiger partial charge on any atom is -0.494 e. The zero-order valence-electron chi connectivity index (χ0n) is 10.5. The van der Waals surface area contributed by atoms with Gasteiger partial charge in [0, 0.05) is 5.75 Å². The van der Waals surface area contributed by atoms with Crippen LogP contribution in [0.3, 0.4) is 0 Å². The maximum atomic E-state index is 8.68.